The maximum absolute atomic E-state index is 13.0. The summed E-state index contributed by atoms with van der Waals surface area (Å²) in [5.74, 6) is 1.76. The van der Waals surface area contributed by atoms with Gasteiger partial charge in [0, 0.05) is 27.1 Å². The molecule has 5 rings (SSSR count). The number of aryl methyl sites for hydroxylation is 1. The molecule has 0 spiro atoms. The molecule has 2 aliphatic rings. The number of rotatable bonds is 6. The first kappa shape index (κ1) is 22.3. The molecule has 2 atom stereocenters. The Bertz CT molecular complexity index is 1230. The van der Waals surface area contributed by atoms with Crippen molar-refractivity contribution in [2.45, 2.75) is 58.5 Å². The van der Waals surface area contributed by atoms with Crippen LogP contribution in [0.4, 0.5) is 0 Å². The van der Waals surface area contributed by atoms with Crippen molar-refractivity contribution in [2.24, 2.45) is 5.92 Å². The number of hydrogen-bond donors (Lipinski definition) is 2. The summed E-state index contributed by atoms with van der Waals surface area (Å²) in [7, 11) is 0. The van der Waals surface area contributed by atoms with E-state index in [4.69, 9.17) is 11.6 Å². The molecule has 1 aromatic carbocycles. The van der Waals surface area contributed by atoms with E-state index >= 15 is 0 Å². The van der Waals surface area contributed by atoms with Crippen molar-refractivity contribution in [3.05, 3.63) is 74.8 Å². The van der Waals surface area contributed by atoms with Crippen LogP contribution in [0.3, 0.4) is 0 Å². The third-order valence-electron chi connectivity index (χ3n) is 6.56. The van der Waals surface area contributed by atoms with Gasteiger partial charge in [-0.1, -0.05) is 49.7 Å². The van der Waals surface area contributed by atoms with Gasteiger partial charge in [-0.2, -0.15) is 0 Å². The average molecular weight is 482 g/mol. The minimum atomic E-state index is -0.0773. The van der Waals surface area contributed by atoms with Gasteiger partial charge < -0.3 is 5.32 Å². The molecule has 3 heterocycles. The first-order chi connectivity index (χ1) is 16.0. The predicted octanol–water partition coefficient (Wildman–Crippen LogP) is 5.02. The van der Waals surface area contributed by atoms with E-state index in [1.54, 1.807) is 11.3 Å². The Morgan fingerprint density at radius 2 is 2.15 bits per heavy atom. The molecular formula is C25H28ClN5OS. The van der Waals surface area contributed by atoms with E-state index in [2.05, 4.69) is 45.0 Å². The van der Waals surface area contributed by atoms with Gasteiger partial charge in [0.25, 0.3) is 0 Å². The number of benzene rings is 1. The Hall–Kier alpha value is -2.48. The Morgan fingerprint density at radius 1 is 1.33 bits per heavy atom. The number of carbonyl (C=O) groups is 1. The smallest absolute Gasteiger partial charge is 0.227 e. The molecule has 0 bridgehead atoms. The molecule has 0 saturated carbocycles. The monoisotopic (exact) mass is 481 g/mol. The third-order valence-corrected chi connectivity index (χ3v) is 8.16. The number of amides is 1. The topological polar surface area (TPSA) is 71.8 Å². The molecule has 3 aromatic rings. The van der Waals surface area contributed by atoms with Crippen molar-refractivity contribution in [2.75, 3.05) is 0 Å². The van der Waals surface area contributed by atoms with E-state index in [9.17, 15) is 4.79 Å². The van der Waals surface area contributed by atoms with E-state index in [0.29, 0.717) is 13.0 Å². The summed E-state index contributed by atoms with van der Waals surface area (Å²) in [6, 6.07) is 7.90. The molecule has 0 fully saturated rings. The third kappa shape index (κ3) is 4.03. The van der Waals surface area contributed by atoms with Crippen molar-refractivity contribution in [3.63, 3.8) is 0 Å². The molecule has 1 aliphatic carbocycles. The van der Waals surface area contributed by atoms with Crippen molar-refractivity contribution >= 4 is 28.8 Å². The van der Waals surface area contributed by atoms with Gasteiger partial charge in [-0.05, 0) is 49.8 Å². The van der Waals surface area contributed by atoms with Gasteiger partial charge in [-0.15, -0.1) is 21.5 Å². The molecule has 0 radical (unpaired) electrons. The molecular weight excluding hydrogens is 454 g/mol. The zero-order valence-electron chi connectivity index (χ0n) is 18.9. The first-order valence-corrected chi connectivity index (χ1v) is 12.7. The number of allylic oxidation sites excluding steroid dienone is 1. The second-order valence-corrected chi connectivity index (χ2v) is 10.3. The number of aromatic nitrogens is 3. The quantitative estimate of drug-likeness (QED) is 0.518. The van der Waals surface area contributed by atoms with Gasteiger partial charge in [-0.25, -0.2) is 0 Å². The van der Waals surface area contributed by atoms with Crippen LogP contribution in [-0.2, 0) is 24.2 Å². The lowest BCUT2D eigenvalue weighted by atomic mass is 9.94. The normalized spacial score (nSPS) is 18.9. The molecule has 1 aliphatic heterocycles. The lowest BCUT2D eigenvalue weighted by Gasteiger charge is -2.20. The van der Waals surface area contributed by atoms with Crippen LogP contribution < -0.4 is 10.6 Å². The van der Waals surface area contributed by atoms with Crippen LogP contribution in [0.25, 0.3) is 5.00 Å². The molecule has 1 amide bonds. The van der Waals surface area contributed by atoms with Gasteiger partial charge in [0.1, 0.15) is 10.8 Å². The number of hydrogen-bond acceptors (Lipinski definition) is 5. The van der Waals surface area contributed by atoms with E-state index in [-0.39, 0.29) is 17.9 Å². The van der Waals surface area contributed by atoms with Crippen LogP contribution in [0.1, 0.15) is 65.4 Å². The van der Waals surface area contributed by atoms with Gasteiger partial charge in [0.05, 0.1) is 12.6 Å². The molecule has 2 aromatic heterocycles. The van der Waals surface area contributed by atoms with Gasteiger partial charge in [0.2, 0.25) is 5.91 Å². The van der Waals surface area contributed by atoms with Gasteiger partial charge >= 0.3 is 0 Å². The van der Waals surface area contributed by atoms with E-state index in [1.807, 2.05) is 25.1 Å². The Morgan fingerprint density at radius 3 is 2.94 bits per heavy atom. The zero-order chi connectivity index (χ0) is 23.1. The maximum Gasteiger partial charge on any atom is 0.227 e. The average Bonchev–Trinajstić information content (AvgIpc) is 3.43. The van der Waals surface area contributed by atoms with E-state index in [1.165, 1.54) is 16.0 Å². The van der Waals surface area contributed by atoms with Crippen molar-refractivity contribution in [3.8, 4) is 5.00 Å². The van der Waals surface area contributed by atoms with Crippen LogP contribution in [0, 0.1) is 12.8 Å². The fourth-order valence-corrected chi connectivity index (χ4v) is 6.64. The van der Waals surface area contributed by atoms with Crippen molar-refractivity contribution < 1.29 is 4.79 Å². The molecule has 2 N–H and O–H groups in total. The number of carbonyl (C=O) groups excluding carboxylic acids is 1. The molecule has 8 heteroatoms. The highest BCUT2D eigenvalue weighted by Crippen LogP contribution is 2.46. The minimum Gasteiger partial charge on any atom is -0.330 e. The lowest BCUT2D eigenvalue weighted by molar-refractivity contribution is -0.124. The fraction of sp³-hybridized carbons (Fsp3) is 0.400. The molecule has 172 valence electrons. The summed E-state index contributed by atoms with van der Waals surface area (Å²) in [5.41, 5.74) is 4.31. The summed E-state index contributed by atoms with van der Waals surface area (Å²) in [6.45, 7) is 8.76. The first-order valence-electron chi connectivity index (χ1n) is 11.5. The Balaban J connectivity index is 1.51. The molecule has 0 saturated heterocycles. The maximum atomic E-state index is 13.0. The van der Waals surface area contributed by atoms with Crippen LogP contribution in [0.2, 0.25) is 5.02 Å². The number of fused-ring (bicyclic) bond motifs is 5. The number of thiophene rings is 1. The molecule has 33 heavy (non-hydrogen) atoms. The molecule has 6 nitrogen and oxygen atoms in total. The number of unbranched alkanes of at least 4 members (excludes halogenated alkanes) is 1. The van der Waals surface area contributed by atoms with E-state index < -0.39 is 0 Å². The fourth-order valence-electron chi connectivity index (χ4n) is 4.88. The lowest BCUT2D eigenvalue weighted by Crippen LogP contribution is -2.30. The Labute approximate surface area is 203 Å². The highest BCUT2D eigenvalue weighted by Gasteiger charge is 2.38. The highest BCUT2D eigenvalue weighted by molar-refractivity contribution is 7.15. The van der Waals surface area contributed by atoms with Gasteiger partial charge in [0.15, 0.2) is 5.82 Å². The van der Waals surface area contributed by atoms with Gasteiger partial charge in [-0.3, -0.25) is 14.7 Å². The number of nitrogens with zero attached hydrogens (tertiary/aromatic N) is 3. The summed E-state index contributed by atoms with van der Waals surface area (Å²) in [4.78, 5) is 14.3. The SMILES string of the molecule is C=C(CCCC)NC(=O)[C@@H]1Cc2sc3c(c2C1)[C@H](c1ccccc1Cl)NCc1nnc(C)n1-3. The summed E-state index contributed by atoms with van der Waals surface area (Å²) in [6.07, 6.45) is 4.41. The largest absolute Gasteiger partial charge is 0.330 e. The number of nitrogens with one attached hydrogen (secondary N) is 2. The van der Waals surface area contributed by atoms with Crippen LogP contribution in [0.15, 0.2) is 36.5 Å². The van der Waals surface area contributed by atoms with Crippen molar-refractivity contribution in [1.29, 1.82) is 0 Å². The Kier molecular flexibility index (Phi) is 6.12. The summed E-state index contributed by atoms with van der Waals surface area (Å²) >= 11 is 8.40. The zero-order valence-corrected chi connectivity index (χ0v) is 20.5. The van der Waals surface area contributed by atoms with Crippen molar-refractivity contribution in [1.82, 2.24) is 25.4 Å². The van der Waals surface area contributed by atoms with Crippen LogP contribution in [0.5, 0.6) is 0 Å². The summed E-state index contributed by atoms with van der Waals surface area (Å²) in [5, 5.41) is 17.3. The van der Waals surface area contributed by atoms with Crippen LogP contribution in [-0.4, -0.2) is 20.7 Å². The molecule has 0 unspecified atom stereocenters. The second-order valence-electron chi connectivity index (χ2n) is 8.86. The van der Waals surface area contributed by atoms with Crippen LogP contribution >= 0.6 is 22.9 Å². The highest BCUT2D eigenvalue weighted by atomic mass is 35.5. The predicted molar refractivity (Wildman–Crippen MR) is 132 cm³/mol. The second kappa shape index (κ2) is 9.05. The minimum absolute atomic E-state index is 0.0730. The van der Waals surface area contributed by atoms with E-state index in [0.717, 1.165) is 58.6 Å². The standard InChI is InChI=1S/C25H28ClN5OS/c1-4-5-8-14(2)28-24(32)16-11-18-20(12-16)33-25-22(18)23(17-9-6-7-10-19(17)26)27-13-21-30-29-15(3)31(21)25/h6-7,9-10,16,23,27H,2,4-5,8,11-13H2,1,3H3,(H,28,32)/t16-,23-/m0/s1. The summed E-state index contributed by atoms with van der Waals surface area (Å²) < 4.78 is 2.16. The number of halogens is 1.